The third kappa shape index (κ3) is 3.80. The van der Waals surface area contributed by atoms with E-state index in [1.165, 1.54) is 5.56 Å². The molecule has 3 atom stereocenters. The average molecular weight is 358 g/mol. The summed E-state index contributed by atoms with van der Waals surface area (Å²) in [7, 11) is 4.06. The minimum Gasteiger partial charge on any atom is -0.411 e. The summed E-state index contributed by atoms with van der Waals surface area (Å²) in [6, 6.07) is 16.5. The van der Waals surface area contributed by atoms with Gasteiger partial charge in [-0.2, -0.15) is 0 Å². The van der Waals surface area contributed by atoms with Gasteiger partial charge in [0.05, 0.1) is 5.71 Å². The predicted molar refractivity (Wildman–Crippen MR) is 104 cm³/mol. The number of piperidine rings is 1. The van der Waals surface area contributed by atoms with Crippen LogP contribution in [0.3, 0.4) is 0 Å². The van der Waals surface area contributed by atoms with Gasteiger partial charge in [0.15, 0.2) is 0 Å². The van der Waals surface area contributed by atoms with E-state index >= 15 is 0 Å². The summed E-state index contributed by atoms with van der Waals surface area (Å²) in [6.07, 6.45) is 0.686. The zero-order valence-electron chi connectivity index (χ0n) is 14.8. The lowest BCUT2D eigenvalue weighted by Crippen LogP contribution is -2.41. The first-order valence-electron chi connectivity index (χ1n) is 8.49. The molecule has 0 aliphatic carbocycles. The van der Waals surface area contributed by atoms with Crippen LogP contribution in [0.1, 0.15) is 36.6 Å². The molecule has 0 bridgehead atoms. The third-order valence-corrected chi connectivity index (χ3v) is 5.24. The number of nitrogens with zero attached hydrogens (tertiary/aromatic N) is 2. The van der Waals surface area contributed by atoms with Crippen LogP contribution in [0.4, 0.5) is 5.69 Å². The summed E-state index contributed by atoms with van der Waals surface area (Å²) in [6.45, 7) is 2.10. The summed E-state index contributed by atoms with van der Waals surface area (Å²) in [5.41, 5.74) is 4.32. The van der Waals surface area contributed by atoms with E-state index in [1.807, 2.05) is 38.4 Å². The van der Waals surface area contributed by atoms with Gasteiger partial charge in [-0.3, -0.25) is 0 Å². The van der Waals surface area contributed by atoms with Gasteiger partial charge in [-0.15, -0.1) is 0 Å². The Morgan fingerprint density at radius 2 is 1.64 bits per heavy atom. The van der Waals surface area contributed by atoms with Crippen molar-refractivity contribution in [3.63, 3.8) is 0 Å². The van der Waals surface area contributed by atoms with Gasteiger partial charge < -0.3 is 15.4 Å². The van der Waals surface area contributed by atoms with Crippen LogP contribution in [0, 0.1) is 5.92 Å². The third-order valence-electron chi connectivity index (χ3n) is 4.99. The lowest BCUT2D eigenvalue weighted by molar-refractivity contribution is 0.294. The van der Waals surface area contributed by atoms with Crippen molar-refractivity contribution in [2.75, 3.05) is 19.0 Å². The molecule has 0 spiro atoms. The Bertz CT molecular complexity index is 741. The molecule has 2 aromatic carbocycles. The molecule has 0 aromatic heterocycles. The Kier molecular flexibility index (Phi) is 5.30. The summed E-state index contributed by atoms with van der Waals surface area (Å²) in [5.74, 6) is 0.124. The normalized spacial score (nSPS) is 25.1. The molecular weight excluding hydrogens is 334 g/mol. The lowest BCUT2D eigenvalue weighted by atomic mass is 9.81. The molecule has 1 heterocycles. The molecule has 4 nitrogen and oxygen atoms in total. The number of hydrogen-bond acceptors (Lipinski definition) is 4. The van der Waals surface area contributed by atoms with E-state index in [0.29, 0.717) is 6.42 Å². The number of benzene rings is 2. The molecule has 0 amide bonds. The summed E-state index contributed by atoms with van der Waals surface area (Å²) in [4.78, 5) is 2.08. The SMILES string of the molecule is CC1/C(=N\O)CC(c2ccc(Cl)cc2)NC1c1ccc(N(C)C)cc1. The molecule has 3 unspecified atom stereocenters. The fraction of sp³-hybridized carbons (Fsp3) is 0.350. The highest BCUT2D eigenvalue weighted by molar-refractivity contribution is 6.30. The van der Waals surface area contributed by atoms with E-state index < -0.39 is 0 Å². The van der Waals surface area contributed by atoms with Gasteiger partial charge in [-0.05, 0) is 35.4 Å². The smallest absolute Gasteiger partial charge is 0.0636 e. The monoisotopic (exact) mass is 357 g/mol. The number of rotatable bonds is 3. The minimum atomic E-state index is 0.0940. The summed E-state index contributed by atoms with van der Waals surface area (Å²) < 4.78 is 0. The van der Waals surface area contributed by atoms with E-state index in [9.17, 15) is 5.21 Å². The predicted octanol–water partition coefficient (Wildman–Crippen LogP) is 4.65. The molecular formula is C20H24ClN3O. The van der Waals surface area contributed by atoms with Crippen molar-refractivity contribution in [1.29, 1.82) is 0 Å². The van der Waals surface area contributed by atoms with Gasteiger partial charge in [-0.1, -0.05) is 47.9 Å². The van der Waals surface area contributed by atoms with Gasteiger partial charge in [0.25, 0.3) is 0 Å². The zero-order chi connectivity index (χ0) is 18.0. The molecule has 1 aliphatic heterocycles. The van der Waals surface area contributed by atoms with E-state index in [1.54, 1.807) is 0 Å². The van der Waals surface area contributed by atoms with E-state index in [2.05, 4.69) is 46.6 Å². The van der Waals surface area contributed by atoms with Crippen molar-refractivity contribution in [2.45, 2.75) is 25.4 Å². The number of hydrogen-bond donors (Lipinski definition) is 2. The first kappa shape index (κ1) is 17.8. The van der Waals surface area contributed by atoms with E-state index in [0.717, 1.165) is 22.0 Å². The van der Waals surface area contributed by atoms with Crippen molar-refractivity contribution in [1.82, 2.24) is 5.32 Å². The second-order valence-electron chi connectivity index (χ2n) is 6.82. The van der Waals surface area contributed by atoms with Crippen LogP contribution in [0.25, 0.3) is 0 Å². The van der Waals surface area contributed by atoms with Gasteiger partial charge in [0.2, 0.25) is 0 Å². The highest BCUT2D eigenvalue weighted by atomic mass is 35.5. The van der Waals surface area contributed by atoms with Crippen LogP contribution in [0.5, 0.6) is 0 Å². The van der Waals surface area contributed by atoms with Gasteiger partial charge in [0, 0.05) is 49.2 Å². The second kappa shape index (κ2) is 7.46. The zero-order valence-corrected chi connectivity index (χ0v) is 15.5. The molecule has 1 saturated heterocycles. The van der Waals surface area contributed by atoms with Gasteiger partial charge in [0.1, 0.15) is 0 Å². The molecule has 5 heteroatoms. The van der Waals surface area contributed by atoms with Crippen LogP contribution in [0.15, 0.2) is 53.7 Å². The maximum atomic E-state index is 9.48. The fourth-order valence-electron chi connectivity index (χ4n) is 3.41. The van der Waals surface area contributed by atoms with Crippen LogP contribution in [-0.4, -0.2) is 25.0 Å². The molecule has 25 heavy (non-hydrogen) atoms. The average Bonchev–Trinajstić information content (AvgIpc) is 2.63. The number of halogens is 1. The van der Waals surface area contributed by atoms with Crippen molar-refractivity contribution in [3.8, 4) is 0 Å². The Labute approximate surface area is 154 Å². The Balaban J connectivity index is 1.90. The quantitative estimate of drug-likeness (QED) is 0.621. The van der Waals surface area contributed by atoms with Crippen molar-refractivity contribution < 1.29 is 5.21 Å². The van der Waals surface area contributed by atoms with Crippen LogP contribution in [0.2, 0.25) is 5.02 Å². The molecule has 0 radical (unpaired) electrons. The molecule has 2 aromatic rings. The number of anilines is 1. The van der Waals surface area contributed by atoms with E-state index in [-0.39, 0.29) is 18.0 Å². The van der Waals surface area contributed by atoms with Gasteiger partial charge >= 0.3 is 0 Å². The second-order valence-corrected chi connectivity index (χ2v) is 7.26. The maximum absolute atomic E-state index is 9.48. The Hall–Kier alpha value is -2.04. The highest BCUT2D eigenvalue weighted by Crippen LogP contribution is 2.36. The Morgan fingerprint density at radius 3 is 2.20 bits per heavy atom. The van der Waals surface area contributed by atoms with Crippen molar-refractivity contribution in [2.24, 2.45) is 11.1 Å². The fourth-order valence-corrected chi connectivity index (χ4v) is 3.54. The molecule has 1 fully saturated rings. The van der Waals surface area contributed by atoms with Gasteiger partial charge in [-0.25, -0.2) is 0 Å². The Morgan fingerprint density at radius 1 is 1.04 bits per heavy atom. The molecule has 0 saturated carbocycles. The largest absolute Gasteiger partial charge is 0.411 e. The first-order chi connectivity index (χ1) is 12.0. The van der Waals surface area contributed by atoms with Crippen molar-refractivity contribution in [3.05, 3.63) is 64.7 Å². The maximum Gasteiger partial charge on any atom is 0.0636 e. The molecule has 1 aliphatic rings. The molecule has 132 valence electrons. The standard InChI is InChI=1S/C20H24ClN3O/c1-13-18(23-25)12-19(14-4-8-16(21)9-5-14)22-20(13)15-6-10-17(11-7-15)24(2)3/h4-11,13,19-20,22,25H,12H2,1-3H3/b23-18-. The van der Waals surface area contributed by atoms with E-state index in [4.69, 9.17) is 11.6 Å². The van der Waals surface area contributed by atoms with Crippen LogP contribution >= 0.6 is 11.6 Å². The van der Waals surface area contributed by atoms with Crippen molar-refractivity contribution >= 4 is 23.0 Å². The first-order valence-corrected chi connectivity index (χ1v) is 8.87. The topological polar surface area (TPSA) is 47.9 Å². The summed E-state index contributed by atoms with van der Waals surface area (Å²) >= 11 is 6.01. The van der Waals surface area contributed by atoms with Crippen LogP contribution in [-0.2, 0) is 0 Å². The van der Waals surface area contributed by atoms with Crippen LogP contribution < -0.4 is 10.2 Å². The number of nitrogens with one attached hydrogen (secondary N) is 1. The molecule has 2 N–H and O–H groups in total. The summed E-state index contributed by atoms with van der Waals surface area (Å²) in [5, 5.41) is 17.5. The lowest BCUT2D eigenvalue weighted by Gasteiger charge is -2.37. The molecule has 3 rings (SSSR count). The minimum absolute atomic E-state index is 0.0940. The highest BCUT2D eigenvalue weighted by Gasteiger charge is 2.33. The number of oxime groups is 1.